The molecule has 0 radical (unpaired) electrons. The van der Waals surface area contributed by atoms with E-state index in [1.807, 2.05) is 13.8 Å². The first-order valence-corrected chi connectivity index (χ1v) is 6.25. The number of aliphatic hydroxyl groups is 1. The van der Waals surface area contributed by atoms with Crippen LogP contribution in [0.15, 0.2) is 12.4 Å². The van der Waals surface area contributed by atoms with Gasteiger partial charge in [-0.05, 0) is 27.7 Å². The minimum atomic E-state index is -2.03. The van der Waals surface area contributed by atoms with Gasteiger partial charge in [-0.15, -0.1) is 0 Å². The van der Waals surface area contributed by atoms with Gasteiger partial charge in [0, 0.05) is 18.4 Å². The number of hydrogen-bond acceptors (Lipinski definition) is 5. The van der Waals surface area contributed by atoms with Crippen LogP contribution >= 0.6 is 0 Å². The number of carbonyl (C=O) groups is 2. The fraction of sp³-hybridized carbons (Fsp3) is 0.615. The average Bonchev–Trinajstić information content (AvgIpc) is 2.77. The molecular formula is C13H20N2O4. The first-order valence-electron chi connectivity index (χ1n) is 6.25. The van der Waals surface area contributed by atoms with Crippen LogP contribution in [0.4, 0.5) is 0 Å². The van der Waals surface area contributed by atoms with Crippen LogP contribution in [0, 0.1) is 0 Å². The van der Waals surface area contributed by atoms with E-state index in [-0.39, 0.29) is 30.7 Å². The Bertz CT molecular complexity index is 467. The number of nitrogens with zero attached hydrogens (tertiary/aromatic N) is 2. The maximum absolute atomic E-state index is 12.0. The molecule has 1 aromatic heterocycles. The van der Waals surface area contributed by atoms with Crippen molar-refractivity contribution >= 4 is 11.8 Å². The molecule has 0 aliphatic heterocycles. The number of carbonyl (C=O) groups excluding carboxylic acids is 2. The third-order valence-corrected chi connectivity index (χ3v) is 2.71. The zero-order chi connectivity index (χ0) is 14.6. The summed E-state index contributed by atoms with van der Waals surface area (Å²) in [5.74, 6) is -1.02. The van der Waals surface area contributed by atoms with Gasteiger partial charge in [-0.1, -0.05) is 0 Å². The molecule has 0 amide bonds. The lowest BCUT2D eigenvalue weighted by molar-refractivity contribution is -0.170. The molecule has 0 aliphatic carbocycles. The van der Waals surface area contributed by atoms with E-state index in [4.69, 9.17) is 4.74 Å². The average molecular weight is 268 g/mol. The second kappa shape index (κ2) is 5.97. The van der Waals surface area contributed by atoms with Crippen molar-refractivity contribution in [3.63, 3.8) is 0 Å². The SMILES string of the molecule is CCOC(=O)C(O)(CC(C)=O)c1nccn1C(C)C. The zero-order valence-corrected chi connectivity index (χ0v) is 11.7. The number of rotatable bonds is 6. The lowest BCUT2D eigenvalue weighted by Crippen LogP contribution is -2.41. The number of imidazole rings is 1. The number of esters is 1. The number of hydrogen-bond donors (Lipinski definition) is 1. The van der Waals surface area contributed by atoms with Gasteiger partial charge in [-0.3, -0.25) is 4.79 Å². The van der Waals surface area contributed by atoms with E-state index in [0.29, 0.717) is 0 Å². The Morgan fingerprint density at radius 1 is 1.53 bits per heavy atom. The van der Waals surface area contributed by atoms with Gasteiger partial charge in [0.15, 0.2) is 5.82 Å². The highest BCUT2D eigenvalue weighted by atomic mass is 16.5. The zero-order valence-electron chi connectivity index (χ0n) is 11.7. The van der Waals surface area contributed by atoms with Gasteiger partial charge in [0.2, 0.25) is 5.60 Å². The molecule has 0 saturated heterocycles. The van der Waals surface area contributed by atoms with Crippen molar-refractivity contribution in [3.8, 4) is 0 Å². The normalized spacial score (nSPS) is 14.2. The molecule has 1 heterocycles. The molecule has 106 valence electrons. The smallest absolute Gasteiger partial charge is 0.346 e. The van der Waals surface area contributed by atoms with Gasteiger partial charge in [0.25, 0.3) is 0 Å². The van der Waals surface area contributed by atoms with Crippen LogP contribution in [-0.4, -0.2) is 33.0 Å². The van der Waals surface area contributed by atoms with Crippen LogP contribution in [0.1, 0.15) is 46.0 Å². The van der Waals surface area contributed by atoms with Crippen molar-refractivity contribution in [1.29, 1.82) is 0 Å². The summed E-state index contributed by atoms with van der Waals surface area (Å²) in [6.07, 6.45) is 2.79. The summed E-state index contributed by atoms with van der Waals surface area (Å²) < 4.78 is 6.52. The van der Waals surface area contributed by atoms with Crippen LogP contribution in [0.3, 0.4) is 0 Å². The van der Waals surface area contributed by atoms with Gasteiger partial charge < -0.3 is 14.4 Å². The van der Waals surface area contributed by atoms with Gasteiger partial charge >= 0.3 is 5.97 Å². The molecule has 0 aromatic carbocycles. The molecule has 1 aromatic rings. The molecule has 1 N–H and O–H groups in total. The van der Waals surface area contributed by atoms with Crippen LogP contribution in [0.2, 0.25) is 0 Å². The minimum absolute atomic E-state index is 0.00501. The van der Waals surface area contributed by atoms with E-state index < -0.39 is 11.6 Å². The second-order valence-corrected chi connectivity index (χ2v) is 4.71. The molecule has 0 spiro atoms. The summed E-state index contributed by atoms with van der Waals surface area (Å²) in [5, 5.41) is 10.6. The molecule has 19 heavy (non-hydrogen) atoms. The number of ether oxygens (including phenoxy) is 1. The molecule has 0 fully saturated rings. The first kappa shape index (κ1) is 15.4. The number of aromatic nitrogens is 2. The van der Waals surface area contributed by atoms with E-state index in [1.165, 1.54) is 13.1 Å². The molecule has 6 heteroatoms. The fourth-order valence-electron chi connectivity index (χ4n) is 1.90. The molecular weight excluding hydrogens is 248 g/mol. The highest BCUT2D eigenvalue weighted by Gasteiger charge is 2.44. The monoisotopic (exact) mass is 268 g/mol. The second-order valence-electron chi connectivity index (χ2n) is 4.71. The summed E-state index contributed by atoms with van der Waals surface area (Å²) in [6, 6.07) is 0.00501. The minimum Gasteiger partial charge on any atom is -0.463 e. The lowest BCUT2D eigenvalue weighted by atomic mass is 9.96. The van der Waals surface area contributed by atoms with Gasteiger partial charge in [0.05, 0.1) is 13.0 Å². The Balaban J connectivity index is 3.26. The van der Waals surface area contributed by atoms with E-state index in [0.717, 1.165) is 0 Å². The van der Waals surface area contributed by atoms with Gasteiger partial charge in [-0.25, -0.2) is 9.78 Å². The summed E-state index contributed by atoms with van der Waals surface area (Å²) in [6.45, 7) is 6.87. The van der Waals surface area contributed by atoms with Crippen molar-refractivity contribution in [2.45, 2.75) is 45.8 Å². The standard InChI is InChI=1S/C13H20N2O4/c1-5-19-12(17)13(18,8-10(4)16)11-14-6-7-15(11)9(2)3/h6-7,9,18H,5,8H2,1-4H3. The van der Waals surface area contributed by atoms with Crippen molar-refractivity contribution in [2.75, 3.05) is 6.61 Å². The van der Waals surface area contributed by atoms with Crippen LogP contribution in [0.25, 0.3) is 0 Å². The predicted octanol–water partition coefficient (Wildman–Crippen LogP) is 1.19. The van der Waals surface area contributed by atoms with Crippen molar-refractivity contribution < 1.29 is 19.4 Å². The Morgan fingerprint density at radius 3 is 2.63 bits per heavy atom. The molecule has 1 rings (SSSR count). The molecule has 0 bridgehead atoms. The number of Topliss-reactive ketones (excluding diaryl/α,β-unsaturated/α-hetero) is 1. The summed E-state index contributed by atoms with van der Waals surface area (Å²) in [4.78, 5) is 27.4. The van der Waals surface area contributed by atoms with Crippen molar-refractivity contribution in [2.24, 2.45) is 0 Å². The summed E-state index contributed by atoms with van der Waals surface area (Å²) >= 11 is 0. The fourth-order valence-corrected chi connectivity index (χ4v) is 1.90. The van der Waals surface area contributed by atoms with E-state index >= 15 is 0 Å². The first-order chi connectivity index (χ1) is 8.82. The largest absolute Gasteiger partial charge is 0.463 e. The highest BCUT2D eigenvalue weighted by molar-refractivity contribution is 5.88. The van der Waals surface area contributed by atoms with Crippen LogP contribution in [-0.2, 0) is 19.9 Å². The Kier molecular flexibility index (Phi) is 4.83. The van der Waals surface area contributed by atoms with E-state index in [2.05, 4.69) is 4.98 Å². The molecule has 0 aliphatic rings. The summed E-state index contributed by atoms with van der Waals surface area (Å²) in [7, 11) is 0. The third-order valence-electron chi connectivity index (χ3n) is 2.71. The van der Waals surface area contributed by atoms with Crippen molar-refractivity contribution in [3.05, 3.63) is 18.2 Å². The van der Waals surface area contributed by atoms with E-state index in [9.17, 15) is 14.7 Å². The Labute approximate surface area is 112 Å². The molecule has 6 nitrogen and oxygen atoms in total. The maximum Gasteiger partial charge on any atom is 0.346 e. The Hall–Kier alpha value is -1.69. The van der Waals surface area contributed by atoms with Gasteiger partial charge in [0.1, 0.15) is 5.78 Å². The maximum atomic E-state index is 12.0. The lowest BCUT2D eigenvalue weighted by Gasteiger charge is -2.26. The van der Waals surface area contributed by atoms with E-state index in [1.54, 1.807) is 17.7 Å². The molecule has 0 saturated carbocycles. The molecule has 1 unspecified atom stereocenters. The van der Waals surface area contributed by atoms with Gasteiger partial charge in [-0.2, -0.15) is 0 Å². The van der Waals surface area contributed by atoms with Crippen LogP contribution in [0.5, 0.6) is 0 Å². The third kappa shape index (κ3) is 3.20. The highest BCUT2D eigenvalue weighted by Crippen LogP contribution is 2.28. The van der Waals surface area contributed by atoms with Crippen LogP contribution < -0.4 is 0 Å². The summed E-state index contributed by atoms with van der Waals surface area (Å²) in [5.41, 5.74) is -2.03. The Morgan fingerprint density at radius 2 is 2.16 bits per heavy atom. The number of ketones is 1. The van der Waals surface area contributed by atoms with Crippen molar-refractivity contribution in [1.82, 2.24) is 9.55 Å². The predicted molar refractivity (Wildman–Crippen MR) is 68.4 cm³/mol. The molecule has 1 atom stereocenters. The quantitative estimate of drug-likeness (QED) is 0.784. The topological polar surface area (TPSA) is 81.4 Å².